The number of sulfonamides is 2. The lowest BCUT2D eigenvalue weighted by molar-refractivity contribution is 0.00578. The summed E-state index contributed by atoms with van der Waals surface area (Å²) in [6, 6.07) is 17.9. The first-order valence-corrected chi connectivity index (χ1v) is 30.6. The van der Waals surface area contributed by atoms with Crippen LogP contribution in [0.15, 0.2) is 86.1 Å². The van der Waals surface area contributed by atoms with Gasteiger partial charge in [-0.2, -0.15) is 0 Å². The second kappa shape index (κ2) is 22.0. The van der Waals surface area contributed by atoms with Crippen LogP contribution in [0, 0.1) is 11.6 Å². The Balaban J connectivity index is 0.000000183. The van der Waals surface area contributed by atoms with E-state index in [0.29, 0.717) is 77.0 Å². The van der Waals surface area contributed by atoms with Crippen molar-refractivity contribution in [3.05, 3.63) is 100 Å². The molecule has 16 nitrogen and oxygen atoms in total. The molecule has 2 aromatic heterocycles. The molecule has 0 spiro atoms. The van der Waals surface area contributed by atoms with Crippen molar-refractivity contribution in [2.75, 3.05) is 35.2 Å². The third-order valence-electron chi connectivity index (χ3n) is 16.0. The second-order valence-electron chi connectivity index (χ2n) is 23.2. The summed E-state index contributed by atoms with van der Waals surface area (Å²) >= 11 is 3.38. The minimum Gasteiger partial charge on any atom is -0.455 e. The first-order valence-electron chi connectivity index (χ1n) is 26.1. The molecule has 0 unspecified atom stereocenters. The van der Waals surface area contributed by atoms with Gasteiger partial charge in [-0.25, -0.2) is 25.6 Å². The molecule has 0 saturated carbocycles. The highest BCUT2D eigenvalue weighted by atomic mass is 79.9. The number of hydrogen-bond donors (Lipinski definition) is 0. The standard InChI is InChI=1S/C25H29BFNO6S.C19H17BrFNO4S.C12H24B2O4/c1-8-20(29)22-17-13-18(26-33-24(2,3)25(4,5)34-26)19(28(6)35(7,30)31)14-21(17)32-23(22)15-9-11-16(27)12-10-15;1-4-16(23)18-13-9-14(20)15(22(2)27(3,24)25)10-17(13)26-19(18)11-5-7-12(21)8-6-11;1-9(2)10(3,4)16-13(15-9)14-17-11(5,6)12(7,8)18-14/h9-14H,8H2,1-7H3;5-10H,4H2,1-3H3;1-8H3. The number of carbonyl (C=O) groups is 2. The zero-order valence-electron chi connectivity index (χ0n) is 48.6. The molecule has 5 heterocycles. The number of nitrogens with zero attached hydrogens (tertiary/aromatic N) is 2. The third kappa shape index (κ3) is 12.3. The fourth-order valence-corrected chi connectivity index (χ4v) is 10.6. The molecule has 0 aliphatic carbocycles. The van der Waals surface area contributed by atoms with E-state index >= 15 is 0 Å². The summed E-state index contributed by atoms with van der Waals surface area (Å²) in [6.45, 7) is 27.3. The highest BCUT2D eigenvalue weighted by Crippen LogP contribution is 2.45. The van der Waals surface area contributed by atoms with Gasteiger partial charge in [0.2, 0.25) is 20.0 Å². The summed E-state index contributed by atoms with van der Waals surface area (Å²) < 4.78 is 127. The summed E-state index contributed by atoms with van der Waals surface area (Å²) in [5.41, 5.74) is 0.949. The molecule has 3 aliphatic rings. The van der Waals surface area contributed by atoms with Crippen LogP contribution in [0.4, 0.5) is 20.2 Å². The van der Waals surface area contributed by atoms with Gasteiger partial charge in [-0.05, 0) is 160 Å². The molecule has 0 N–H and O–H groups in total. The van der Waals surface area contributed by atoms with Crippen LogP contribution in [-0.4, -0.2) is 110 Å². The molecule has 3 saturated heterocycles. The maximum absolute atomic E-state index is 13.5. The van der Waals surface area contributed by atoms with Gasteiger partial charge in [0.1, 0.15) is 34.3 Å². The van der Waals surface area contributed by atoms with Gasteiger partial charge in [0, 0.05) is 70.9 Å². The van der Waals surface area contributed by atoms with E-state index in [1.165, 1.54) is 62.6 Å². The highest BCUT2D eigenvalue weighted by Gasteiger charge is 2.64. The Kier molecular flexibility index (Phi) is 17.3. The Hall–Kier alpha value is -4.91. The molecule has 430 valence electrons. The van der Waals surface area contributed by atoms with Crippen LogP contribution in [-0.2, 0) is 48.0 Å². The smallest absolute Gasteiger partial charge is 0.455 e. The maximum atomic E-state index is 13.5. The number of halogens is 3. The molecule has 6 aromatic rings. The number of hydrogen-bond acceptors (Lipinski definition) is 14. The van der Waals surface area contributed by atoms with Crippen molar-refractivity contribution in [2.45, 2.75) is 143 Å². The fourth-order valence-electron chi connectivity index (χ4n) is 8.80. The fraction of sp³-hybridized carbons (Fsp3) is 0.464. The minimum absolute atomic E-state index is 0.121. The summed E-state index contributed by atoms with van der Waals surface area (Å²) in [4.78, 5) is 25.6. The van der Waals surface area contributed by atoms with Gasteiger partial charge in [0.15, 0.2) is 11.6 Å². The normalized spacial score (nSPS) is 18.7. The van der Waals surface area contributed by atoms with Gasteiger partial charge in [-0.3, -0.25) is 18.2 Å². The van der Waals surface area contributed by atoms with E-state index in [4.69, 9.17) is 36.8 Å². The Morgan fingerprint density at radius 1 is 0.512 bits per heavy atom. The Morgan fingerprint density at radius 2 is 0.825 bits per heavy atom. The molecule has 3 fully saturated rings. The number of carbonyl (C=O) groups excluding carboxylic acids is 2. The van der Waals surface area contributed by atoms with Gasteiger partial charge in [0.05, 0.1) is 68.6 Å². The SMILES string of the molecule is CC1(C)OB(B2OC(C)(C)C(C)(C)O2)OC1(C)C.CCC(=O)c1c(-c2ccc(F)cc2)oc2cc(N(C)S(C)(=O)=O)c(B3OC(C)(C)C(C)(C)O3)cc12.CCC(=O)c1c(-c2ccc(F)cc2)oc2cc(N(C)S(C)(=O)=O)c(Br)cc12. The van der Waals surface area contributed by atoms with Crippen LogP contribution < -0.4 is 14.1 Å². The van der Waals surface area contributed by atoms with Gasteiger partial charge < -0.3 is 36.8 Å². The van der Waals surface area contributed by atoms with Crippen molar-refractivity contribution in [2.24, 2.45) is 0 Å². The number of furan rings is 2. The van der Waals surface area contributed by atoms with Crippen LogP contribution in [0.1, 0.15) is 130 Å². The lowest BCUT2D eigenvalue weighted by Crippen LogP contribution is -2.41. The van der Waals surface area contributed by atoms with E-state index in [9.17, 15) is 35.2 Å². The number of ketones is 2. The lowest BCUT2D eigenvalue weighted by atomic mass is 9.49. The highest BCUT2D eigenvalue weighted by molar-refractivity contribution is 9.10. The van der Waals surface area contributed by atoms with E-state index in [2.05, 4.69) is 15.9 Å². The monoisotopic (exact) mass is 1210 g/mol. The van der Waals surface area contributed by atoms with E-state index in [-0.39, 0.29) is 46.8 Å². The maximum Gasteiger partial charge on any atom is 0.497 e. The third-order valence-corrected chi connectivity index (χ3v) is 19.0. The molecule has 80 heavy (non-hydrogen) atoms. The molecular weight excluding hydrogens is 1140 g/mol. The summed E-state index contributed by atoms with van der Waals surface area (Å²) in [6.07, 6.45) is 2.69. The summed E-state index contributed by atoms with van der Waals surface area (Å²) in [5.74, 6) is -0.448. The first-order chi connectivity index (χ1) is 36.7. The lowest BCUT2D eigenvalue weighted by Gasteiger charge is -2.32. The molecule has 0 bridgehead atoms. The van der Waals surface area contributed by atoms with Crippen molar-refractivity contribution >= 4 is 107 Å². The number of anilines is 2. The van der Waals surface area contributed by atoms with E-state index < -0.39 is 64.0 Å². The van der Waals surface area contributed by atoms with E-state index in [1.54, 1.807) is 38.1 Å². The molecule has 24 heteroatoms. The predicted octanol–water partition coefficient (Wildman–Crippen LogP) is 11.8. The number of fused-ring (bicyclic) bond motifs is 2. The number of benzene rings is 4. The predicted molar refractivity (Wildman–Crippen MR) is 315 cm³/mol. The molecule has 0 radical (unpaired) electrons. The molecule has 0 amide bonds. The van der Waals surface area contributed by atoms with Gasteiger partial charge in [-0.1, -0.05) is 13.8 Å². The zero-order valence-corrected chi connectivity index (χ0v) is 51.9. The van der Waals surface area contributed by atoms with Crippen LogP contribution in [0.3, 0.4) is 0 Å². The average molecular weight is 1210 g/mol. The van der Waals surface area contributed by atoms with Crippen molar-refractivity contribution in [3.8, 4) is 22.6 Å². The van der Waals surface area contributed by atoms with Crippen LogP contribution in [0.2, 0.25) is 0 Å². The van der Waals surface area contributed by atoms with Crippen molar-refractivity contribution in [1.29, 1.82) is 0 Å². The minimum atomic E-state index is -3.64. The largest absolute Gasteiger partial charge is 0.497 e. The van der Waals surface area contributed by atoms with Crippen LogP contribution in [0.5, 0.6) is 0 Å². The van der Waals surface area contributed by atoms with Crippen LogP contribution in [0.25, 0.3) is 44.6 Å². The van der Waals surface area contributed by atoms with Crippen molar-refractivity contribution in [1.82, 2.24) is 0 Å². The average Bonchev–Trinajstić information content (AvgIpc) is 4.32. The number of Topliss-reactive ketones (excluding diaryl/α,β-unsaturated/α-hetero) is 2. The van der Waals surface area contributed by atoms with Crippen LogP contribution >= 0.6 is 15.9 Å². The second-order valence-corrected chi connectivity index (χ2v) is 28.1. The van der Waals surface area contributed by atoms with E-state index in [0.717, 1.165) is 21.1 Å². The van der Waals surface area contributed by atoms with Gasteiger partial charge in [0.25, 0.3) is 0 Å². The molecule has 0 atom stereocenters. The topological polar surface area (TPSA) is 191 Å². The summed E-state index contributed by atoms with van der Waals surface area (Å²) in [7, 11) is -6.08. The number of rotatable bonds is 12. The van der Waals surface area contributed by atoms with Gasteiger partial charge >= 0.3 is 21.1 Å². The van der Waals surface area contributed by atoms with Crippen molar-refractivity contribution in [3.63, 3.8) is 0 Å². The van der Waals surface area contributed by atoms with Gasteiger partial charge in [-0.15, -0.1) is 0 Å². The molecule has 4 aromatic carbocycles. The zero-order chi connectivity index (χ0) is 59.8. The molecule has 9 rings (SSSR count). The first kappa shape index (κ1) is 62.7. The van der Waals surface area contributed by atoms with E-state index in [1.807, 2.05) is 83.1 Å². The Morgan fingerprint density at radius 3 is 1.16 bits per heavy atom. The summed E-state index contributed by atoms with van der Waals surface area (Å²) in [5, 5.41) is 1.07. The van der Waals surface area contributed by atoms with Crippen molar-refractivity contribution < 1.29 is 72.0 Å². The molecule has 3 aliphatic heterocycles. The quantitative estimate of drug-likeness (QED) is 0.0830. The Bertz CT molecular complexity index is 3500. The molecular formula is C56H70B3BrF2N2O14S2. The Labute approximate surface area is 478 Å².